The normalized spacial score (nSPS) is 10.7. The van der Waals surface area contributed by atoms with E-state index in [0.717, 1.165) is 34.4 Å². The summed E-state index contributed by atoms with van der Waals surface area (Å²) in [6.07, 6.45) is 3.71. The van der Waals surface area contributed by atoms with Crippen molar-refractivity contribution in [2.45, 2.75) is 23.0 Å². The van der Waals surface area contributed by atoms with E-state index in [1.807, 2.05) is 60.2 Å². The van der Waals surface area contributed by atoms with Crippen LogP contribution in [0.1, 0.15) is 22.5 Å². The predicted molar refractivity (Wildman–Crippen MR) is 105 cm³/mol. The predicted octanol–water partition coefficient (Wildman–Crippen LogP) is 5.34. The van der Waals surface area contributed by atoms with Crippen molar-refractivity contribution in [2.75, 3.05) is 0 Å². The van der Waals surface area contributed by atoms with Gasteiger partial charge in [0.2, 0.25) is 0 Å². The first-order valence-corrected chi connectivity index (χ1v) is 10.2. The highest BCUT2D eigenvalue weighted by Crippen LogP contribution is 2.20. The van der Waals surface area contributed by atoms with Crippen LogP contribution in [0.5, 0.6) is 0 Å². The standard InChI is InChI=1S/C20H20N2S2/c1-3-11-21-19(5-1)15-23-13-17-7-9-18(10-8-17)14-24-16-20-6-2-4-12-22-20/h1-12H,13-16H2. The second-order valence-corrected chi connectivity index (χ2v) is 7.42. The zero-order chi connectivity index (χ0) is 16.5. The van der Waals surface area contributed by atoms with E-state index >= 15 is 0 Å². The lowest BCUT2D eigenvalue weighted by atomic mass is 10.2. The van der Waals surface area contributed by atoms with Gasteiger partial charge in [-0.15, -0.1) is 0 Å². The highest BCUT2D eigenvalue weighted by atomic mass is 32.2. The molecule has 122 valence electrons. The zero-order valence-corrected chi connectivity index (χ0v) is 15.1. The number of thioether (sulfide) groups is 2. The SMILES string of the molecule is c1ccc(CSCc2ccc(CSCc3ccccn3)cc2)nc1. The minimum Gasteiger partial charge on any atom is -0.260 e. The molecule has 0 unspecified atom stereocenters. The van der Waals surface area contributed by atoms with Gasteiger partial charge in [0, 0.05) is 35.4 Å². The summed E-state index contributed by atoms with van der Waals surface area (Å²) in [7, 11) is 0. The van der Waals surface area contributed by atoms with Crippen LogP contribution >= 0.6 is 23.5 Å². The summed E-state index contributed by atoms with van der Waals surface area (Å²) in [5.41, 5.74) is 5.03. The highest BCUT2D eigenvalue weighted by molar-refractivity contribution is 7.97. The molecule has 0 radical (unpaired) electrons. The molecule has 2 aromatic heterocycles. The number of hydrogen-bond acceptors (Lipinski definition) is 4. The van der Waals surface area contributed by atoms with Crippen molar-refractivity contribution >= 4 is 23.5 Å². The Morgan fingerprint density at radius 3 is 1.38 bits per heavy atom. The van der Waals surface area contributed by atoms with E-state index in [1.54, 1.807) is 0 Å². The number of benzene rings is 1. The Morgan fingerprint density at radius 1 is 0.542 bits per heavy atom. The summed E-state index contributed by atoms with van der Waals surface area (Å²) in [5.74, 6) is 3.97. The number of pyridine rings is 2. The molecule has 2 heterocycles. The van der Waals surface area contributed by atoms with Gasteiger partial charge in [-0.05, 0) is 35.4 Å². The lowest BCUT2D eigenvalue weighted by Gasteiger charge is -2.05. The van der Waals surface area contributed by atoms with E-state index in [9.17, 15) is 0 Å². The van der Waals surface area contributed by atoms with Crippen molar-refractivity contribution in [1.82, 2.24) is 9.97 Å². The van der Waals surface area contributed by atoms with Gasteiger partial charge < -0.3 is 0 Å². The van der Waals surface area contributed by atoms with Crippen molar-refractivity contribution in [3.05, 3.63) is 95.6 Å². The molecule has 0 aliphatic rings. The van der Waals surface area contributed by atoms with Crippen LogP contribution in [0.3, 0.4) is 0 Å². The van der Waals surface area contributed by atoms with E-state index in [0.29, 0.717) is 0 Å². The van der Waals surface area contributed by atoms with Gasteiger partial charge in [-0.1, -0.05) is 36.4 Å². The molecule has 3 rings (SSSR count). The first-order valence-electron chi connectivity index (χ1n) is 7.93. The maximum atomic E-state index is 4.35. The third kappa shape index (κ3) is 5.69. The maximum absolute atomic E-state index is 4.35. The minimum absolute atomic E-state index is 0.961. The number of hydrogen-bond donors (Lipinski definition) is 0. The first kappa shape index (κ1) is 17.1. The van der Waals surface area contributed by atoms with E-state index < -0.39 is 0 Å². The van der Waals surface area contributed by atoms with Crippen LogP contribution in [0, 0.1) is 0 Å². The molecule has 0 bridgehead atoms. The van der Waals surface area contributed by atoms with Gasteiger partial charge >= 0.3 is 0 Å². The molecule has 4 heteroatoms. The summed E-state index contributed by atoms with van der Waals surface area (Å²) in [5, 5.41) is 0. The van der Waals surface area contributed by atoms with Gasteiger partial charge in [0.1, 0.15) is 0 Å². The first-order chi connectivity index (χ1) is 11.9. The summed E-state index contributed by atoms with van der Waals surface area (Å²) in [6.45, 7) is 0. The fourth-order valence-corrected chi connectivity index (χ4v) is 4.07. The van der Waals surface area contributed by atoms with Gasteiger partial charge in [0.15, 0.2) is 0 Å². The van der Waals surface area contributed by atoms with Crippen LogP contribution in [0.15, 0.2) is 73.1 Å². The second kappa shape index (κ2) is 9.50. The fraction of sp³-hybridized carbons (Fsp3) is 0.200. The summed E-state index contributed by atoms with van der Waals surface area (Å²) in [6, 6.07) is 21.1. The van der Waals surface area contributed by atoms with Gasteiger partial charge in [0.05, 0.1) is 11.4 Å². The molecule has 0 amide bonds. The van der Waals surface area contributed by atoms with E-state index in [4.69, 9.17) is 0 Å². The molecule has 1 aromatic carbocycles. The molecule has 3 aromatic rings. The van der Waals surface area contributed by atoms with E-state index in [-0.39, 0.29) is 0 Å². The van der Waals surface area contributed by atoms with Crippen molar-refractivity contribution in [1.29, 1.82) is 0 Å². The van der Waals surface area contributed by atoms with Crippen molar-refractivity contribution in [3.63, 3.8) is 0 Å². The molecular weight excluding hydrogens is 332 g/mol. The van der Waals surface area contributed by atoms with Gasteiger partial charge in [-0.2, -0.15) is 23.5 Å². The highest BCUT2D eigenvalue weighted by Gasteiger charge is 1.99. The summed E-state index contributed by atoms with van der Waals surface area (Å²) >= 11 is 3.81. The Balaban J connectivity index is 1.40. The molecule has 0 fully saturated rings. The Bertz CT molecular complexity index is 651. The maximum Gasteiger partial charge on any atom is 0.0502 e. The van der Waals surface area contributed by atoms with Crippen molar-refractivity contribution in [2.24, 2.45) is 0 Å². The Hall–Kier alpha value is -1.78. The van der Waals surface area contributed by atoms with Gasteiger partial charge in [-0.3, -0.25) is 9.97 Å². The molecule has 2 nitrogen and oxygen atoms in total. The molecule has 0 saturated carbocycles. The molecule has 0 aliphatic heterocycles. The van der Waals surface area contributed by atoms with Crippen LogP contribution < -0.4 is 0 Å². The molecule has 0 N–H and O–H groups in total. The monoisotopic (exact) mass is 352 g/mol. The van der Waals surface area contributed by atoms with Crippen LogP contribution in [0.4, 0.5) is 0 Å². The van der Waals surface area contributed by atoms with Crippen LogP contribution in [0.2, 0.25) is 0 Å². The van der Waals surface area contributed by atoms with Gasteiger partial charge in [-0.25, -0.2) is 0 Å². The largest absolute Gasteiger partial charge is 0.260 e. The smallest absolute Gasteiger partial charge is 0.0502 e. The third-order valence-electron chi connectivity index (χ3n) is 3.51. The molecule has 0 aliphatic carbocycles. The van der Waals surface area contributed by atoms with E-state index in [2.05, 4.69) is 46.4 Å². The van der Waals surface area contributed by atoms with Gasteiger partial charge in [0.25, 0.3) is 0 Å². The number of nitrogens with zero attached hydrogens (tertiary/aromatic N) is 2. The average molecular weight is 353 g/mol. The minimum atomic E-state index is 0.961. The molecule has 0 spiro atoms. The van der Waals surface area contributed by atoms with Crippen LogP contribution in [-0.2, 0) is 23.0 Å². The quantitative estimate of drug-likeness (QED) is 0.546. The van der Waals surface area contributed by atoms with Crippen LogP contribution in [-0.4, -0.2) is 9.97 Å². The zero-order valence-electron chi connectivity index (χ0n) is 13.5. The van der Waals surface area contributed by atoms with E-state index in [1.165, 1.54) is 11.1 Å². The van der Waals surface area contributed by atoms with Crippen molar-refractivity contribution in [3.8, 4) is 0 Å². The van der Waals surface area contributed by atoms with Crippen molar-refractivity contribution < 1.29 is 0 Å². The lowest BCUT2D eigenvalue weighted by molar-refractivity contribution is 1.17. The topological polar surface area (TPSA) is 25.8 Å². The Morgan fingerprint density at radius 2 is 1.00 bits per heavy atom. The summed E-state index contributed by atoms with van der Waals surface area (Å²) in [4.78, 5) is 8.71. The average Bonchev–Trinajstić information content (AvgIpc) is 2.65. The molecule has 0 saturated heterocycles. The lowest BCUT2D eigenvalue weighted by Crippen LogP contribution is -1.88. The second-order valence-electron chi connectivity index (χ2n) is 5.44. The fourth-order valence-electron chi connectivity index (χ4n) is 2.25. The Labute approximate surface area is 152 Å². The molecular formula is C20H20N2S2. The Kier molecular flexibility index (Phi) is 6.75. The third-order valence-corrected chi connectivity index (χ3v) is 5.59. The molecule has 0 atom stereocenters. The number of rotatable bonds is 8. The van der Waals surface area contributed by atoms with Crippen LogP contribution in [0.25, 0.3) is 0 Å². The molecule has 24 heavy (non-hydrogen) atoms. The summed E-state index contributed by atoms with van der Waals surface area (Å²) < 4.78 is 0. The number of aromatic nitrogens is 2.